The Morgan fingerprint density at radius 3 is 2.25 bits per heavy atom. The van der Waals surface area contributed by atoms with Crippen LogP contribution in [0.15, 0.2) is 24.3 Å². The van der Waals surface area contributed by atoms with Gasteiger partial charge in [-0.25, -0.2) is 32.5 Å². The van der Waals surface area contributed by atoms with Crippen molar-refractivity contribution in [2.45, 2.75) is 37.3 Å². The maximum absolute atomic E-state index is 14.7. The van der Waals surface area contributed by atoms with E-state index >= 15 is 0 Å². The van der Waals surface area contributed by atoms with Crippen LogP contribution in [0.5, 0.6) is 28.7 Å². The molecule has 0 radical (unpaired) electrons. The highest BCUT2D eigenvalue weighted by Crippen LogP contribution is 2.41. The van der Waals surface area contributed by atoms with Crippen molar-refractivity contribution in [2.24, 2.45) is 0 Å². The number of benzene rings is 3. The van der Waals surface area contributed by atoms with Crippen molar-refractivity contribution in [3.8, 4) is 28.7 Å². The van der Waals surface area contributed by atoms with Crippen LogP contribution >= 0.6 is 11.6 Å². The van der Waals surface area contributed by atoms with Crippen LogP contribution < -0.4 is 15.3 Å². The Morgan fingerprint density at radius 2 is 1.59 bits per heavy atom. The first-order valence-electron chi connectivity index (χ1n) is 16.6. The van der Waals surface area contributed by atoms with Crippen molar-refractivity contribution < 1.29 is 76.7 Å². The quantitative estimate of drug-likeness (QED) is 0.0974. The van der Waals surface area contributed by atoms with Gasteiger partial charge in [-0.2, -0.15) is 4.39 Å². The summed E-state index contributed by atoms with van der Waals surface area (Å²) in [6, 6.07) is -1.61. The number of carboxylic acid groups (broad SMARTS) is 1. The Hall–Kier alpha value is -6.16. The number of nitrogens with zero attached hydrogens (tertiary/aromatic N) is 3. The van der Waals surface area contributed by atoms with Crippen molar-refractivity contribution in [3.63, 3.8) is 0 Å². The number of aromatic hydroxyl groups is 4. The summed E-state index contributed by atoms with van der Waals surface area (Å²) in [5.74, 6) is -16.7. The molecule has 0 bridgehead atoms. The number of fused-ring (bicyclic) bond motifs is 1. The van der Waals surface area contributed by atoms with Gasteiger partial charge in [-0.3, -0.25) is 9.59 Å². The van der Waals surface area contributed by atoms with E-state index in [1.807, 2.05) is 0 Å². The molecule has 296 valence electrons. The molecule has 56 heavy (non-hydrogen) atoms. The molecule has 0 aromatic heterocycles. The number of phenolic OH excluding ortho intramolecular Hbond substituents is 4. The summed E-state index contributed by atoms with van der Waals surface area (Å²) in [5, 5.41) is 63.2. The topological polar surface area (TPSA) is 250 Å². The number of carboxylic acids is 1. The fourth-order valence-electron chi connectivity index (χ4n) is 6.74. The number of carbonyl (C=O) groups is 5. The number of nitrogens with one attached hydrogen (secondary N) is 2. The number of amides is 6. The number of rotatable bonds is 7. The third-order valence-corrected chi connectivity index (χ3v) is 10.1. The maximum Gasteiger partial charge on any atom is 0.547 e. The van der Waals surface area contributed by atoms with Crippen molar-refractivity contribution in [3.05, 3.63) is 74.8 Å². The molecular weight excluding hydrogens is 781 g/mol. The predicted molar refractivity (Wildman–Crippen MR) is 181 cm³/mol. The first-order valence-corrected chi connectivity index (χ1v) is 17.0. The van der Waals surface area contributed by atoms with Gasteiger partial charge in [0.1, 0.15) is 23.2 Å². The van der Waals surface area contributed by atoms with Gasteiger partial charge in [0.15, 0.2) is 34.6 Å². The van der Waals surface area contributed by atoms with E-state index in [0.29, 0.717) is 17.0 Å². The highest BCUT2D eigenvalue weighted by molar-refractivity contribution is 6.47. The van der Waals surface area contributed by atoms with Gasteiger partial charge in [0, 0.05) is 37.8 Å². The van der Waals surface area contributed by atoms with Crippen molar-refractivity contribution in [2.75, 3.05) is 26.2 Å². The summed E-state index contributed by atoms with van der Waals surface area (Å²) < 4.78 is 62.2. The molecule has 17 nitrogen and oxygen atoms in total. The second kappa shape index (κ2) is 15.2. The number of hydrogen-bond acceptors (Lipinski definition) is 11. The van der Waals surface area contributed by atoms with Gasteiger partial charge < -0.3 is 55.6 Å². The molecule has 3 aliphatic rings. The summed E-state index contributed by atoms with van der Waals surface area (Å²) in [6.45, 7) is -0.380. The lowest BCUT2D eigenvalue weighted by molar-refractivity contribution is -0.123. The number of likely N-dealkylation sites (tertiary alicyclic amines) is 1. The molecule has 0 spiro atoms. The van der Waals surface area contributed by atoms with Crippen molar-refractivity contribution >= 4 is 48.6 Å². The summed E-state index contributed by atoms with van der Waals surface area (Å²) in [4.78, 5) is 68.6. The molecule has 0 aliphatic carbocycles. The van der Waals surface area contributed by atoms with Crippen LogP contribution in [0.3, 0.4) is 0 Å². The normalized spacial score (nSPS) is 17.7. The van der Waals surface area contributed by atoms with Crippen LogP contribution in [0.2, 0.25) is 5.02 Å². The number of hydrogen-bond donors (Lipinski definition) is 8. The van der Waals surface area contributed by atoms with Gasteiger partial charge in [-0.1, -0.05) is 17.7 Å². The Morgan fingerprint density at radius 1 is 0.911 bits per heavy atom. The predicted octanol–water partition coefficient (Wildman–Crippen LogP) is 2.35. The third kappa shape index (κ3) is 7.07. The van der Waals surface area contributed by atoms with Crippen LogP contribution in [0.25, 0.3) is 0 Å². The zero-order valence-corrected chi connectivity index (χ0v) is 29.2. The number of carbonyl (C=O) groups excluding carboxylic acids is 4. The third-order valence-electron chi connectivity index (χ3n) is 9.66. The van der Waals surface area contributed by atoms with Gasteiger partial charge in [-0.05, 0) is 43.0 Å². The minimum absolute atomic E-state index is 0.0324. The molecule has 2 saturated heterocycles. The lowest BCUT2D eigenvalue weighted by atomic mass is 9.72. The second-order valence-electron chi connectivity index (χ2n) is 13.0. The monoisotopic (exact) mass is 809 g/mol. The Labute approximate surface area is 317 Å². The van der Waals surface area contributed by atoms with E-state index in [0.717, 1.165) is 17.0 Å². The summed E-state index contributed by atoms with van der Waals surface area (Å²) in [7, 11) is -1.98. The number of phenols is 4. The molecule has 8 N–H and O–H groups in total. The van der Waals surface area contributed by atoms with Gasteiger partial charge in [-0.15, -0.1) is 0 Å². The zero-order chi connectivity index (χ0) is 40.9. The van der Waals surface area contributed by atoms with E-state index in [1.54, 1.807) is 0 Å². The van der Waals surface area contributed by atoms with E-state index < -0.39 is 129 Å². The van der Waals surface area contributed by atoms with E-state index in [1.165, 1.54) is 4.90 Å². The van der Waals surface area contributed by atoms with Crippen molar-refractivity contribution in [1.29, 1.82) is 0 Å². The Balaban J connectivity index is 1.17. The first-order chi connectivity index (χ1) is 26.4. The molecule has 3 aliphatic heterocycles. The SMILES string of the molecule is O=C(O)c1c(F)ccc2c1OB(O)[C@@H](NC(=O)C(NC(=O)N1CCN(C3CCN(C(=O)c4cc(O)c(F)c(O)c4F)CC3)C1=O)c1cc(F)c(O)c(O)c1Cl)C2. The van der Waals surface area contributed by atoms with Crippen LogP contribution in [-0.4, -0.2) is 120 Å². The molecule has 0 saturated carbocycles. The largest absolute Gasteiger partial charge is 0.547 e. The highest BCUT2D eigenvalue weighted by Gasteiger charge is 2.43. The van der Waals surface area contributed by atoms with Crippen LogP contribution in [-0.2, 0) is 11.2 Å². The van der Waals surface area contributed by atoms with E-state index in [4.69, 9.17) is 16.3 Å². The molecule has 3 heterocycles. The molecule has 23 heteroatoms. The van der Waals surface area contributed by atoms with E-state index in [9.17, 15) is 72.1 Å². The average molecular weight is 810 g/mol. The minimum Gasteiger partial charge on any atom is -0.534 e. The second-order valence-corrected chi connectivity index (χ2v) is 13.3. The summed E-state index contributed by atoms with van der Waals surface area (Å²) in [6.07, 6.45) is -0.0912. The molecule has 3 aromatic carbocycles. The number of urea groups is 2. The molecule has 2 atom stereocenters. The smallest absolute Gasteiger partial charge is 0.534 e. The van der Waals surface area contributed by atoms with Crippen LogP contribution in [0, 0.1) is 23.3 Å². The molecule has 2 fully saturated rings. The zero-order valence-electron chi connectivity index (χ0n) is 28.4. The lowest BCUT2D eigenvalue weighted by Crippen LogP contribution is -2.56. The number of piperidine rings is 1. The van der Waals surface area contributed by atoms with Crippen LogP contribution in [0.4, 0.5) is 27.2 Å². The number of aromatic carboxylic acids is 1. The molecule has 1 unspecified atom stereocenters. The maximum atomic E-state index is 14.7. The van der Waals surface area contributed by atoms with Crippen molar-refractivity contribution in [1.82, 2.24) is 25.3 Å². The summed E-state index contributed by atoms with van der Waals surface area (Å²) >= 11 is 6.16. The van der Waals surface area contributed by atoms with E-state index in [2.05, 4.69) is 10.6 Å². The molecular formula is C33H29BClF4N5O12. The van der Waals surface area contributed by atoms with Gasteiger partial charge in [0.05, 0.1) is 16.5 Å². The summed E-state index contributed by atoms with van der Waals surface area (Å²) in [5.41, 5.74) is -2.19. The average Bonchev–Trinajstić information content (AvgIpc) is 3.56. The highest BCUT2D eigenvalue weighted by atomic mass is 35.5. The number of imide groups is 1. The van der Waals surface area contributed by atoms with Gasteiger partial charge in [0.2, 0.25) is 11.7 Å². The van der Waals surface area contributed by atoms with E-state index in [-0.39, 0.29) is 51.0 Å². The Kier molecular flexibility index (Phi) is 10.7. The van der Waals surface area contributed by atoms with Gasteiger partial charge in [0.25, 0.3) is 5.91 Å². The molecule has 6 rings (SSSR count). The fourth-order valence-corrected chi connectivity index (χ4v) is 6.99. The fraction of sp³-hybridized carbons (Fsp3) is 0.303. The number of halogens is 5. The molecule has 3 aromatic rings. The van der Waals surface area contributed by atoms with Gasteiger partial charge >= 0.3 is 25.1 Å². The standard InChI is InChI=1S/C33H29BClF4N5O12/c35-21-14(10-17(37)25(46)26(21)47)24(29(49)40-19-9-12-1-2-16(36)20(31(51)52)28(12)56-34(19)55)41-32(53)44-8-7-43(33(44)54)13-3-5-42(6-4-13)30(50)15-11-18(45)23(39)27(48)22(15)38/h1-2,10-11,13,19,24,45-48,55H,3-9H2,(H,40,49)(H,41,53)(H,51,52)/t19-,24?/m0/s1. The van der Waals surface area contributed by atoms with Crippen LogP contribution in [0.1, 0.15) is 50.7 Å². The first kappa shape index (κ1) is 39.5. The molecule has 6 amide bonds. The lowest BCUT2D eigenvalue weighted by Gasteiger charge is -2.36. The Bertz CT molecular complexity index is 2180. The minimum atomic E-state index is -2.03.